The number of likely N-dealkylation sites (N-methyl/N-ethyl adjacent to an activating group) is 1. The van der Waals surface area contributed by atoms with Gasteiger partial charge in [-0.05, 0) is 41.4 Å². The molecule has 0 amide bonds. The Bertz CT molecular complexity index is 1900. The Hall–Kier alpha value is -4.22. The van der Waals surface area contributed by atoms with Crippen molar-refractivity contribution in [1.82, 2.24) is 14.6 Å². The van der Waals surface area contributed by atoms with Crippen LogP contribution >= 0.6 is 0 Å². The third kappa shape index (κ3) is 7.52. The zero-order valence-electron chi connectivity index (χ0n) is 26.3. The van der Waals surface area contributed by atoms with Crippen LogP contribution in [0.3, 0.4) is 0 Å². The minimum atomic E-state index is -3.80. The van der Waals surface area contributed by atoms with Gasteiger partial charge in [0.05, 0.1) is 24.3 Å². The highest BCUT2D eigenvalue weighted by atomic mass is 32.2. The van der Waals surface area contributed by atoms with Crippen molar-refractivity contribution in [2.24, 2.45) is 0 Å². The Morgan fingerprint density at radius 2 is 1.55 bits per heavy atom. The Morgan fingerprint density at radius 1 is 0.851 bits per heavy atom. The SMILES string of the molecule is C=CCN(C)CC1OC(c2ccc(CNS(=O)(=O)c3cccc4cccnc34)cc2)OC(c2ccc(CO)cc2)C1c1ccccc1. The second kappa shape index (κ2) is 14.7. The number of hydrogen-bond acceptors (Lipinski definition) is 7. The van der Waals surface area contributed by atoms with E-state index >= 15 is 0 Å². The molecule has 1 saturated heterocycles. The first-order valence-electron chi connectivity index (χ1n) is 15.6. The lowest BCUT2D eigenvalue weighted by Gasteiger charge is -2.44. The maximum absolute atomic E-state index is 13.2. The van der Waals surface area contributed by atoms with Crippen LogP contribution < -0.4 is 4.72 Å². The van der Waals surface area contributed by atoms with Gasteiger partial charge in [0.25, 0.3) is 0 Å². The largest absolute Gasteiger partial charge is 0.392 e. The van der Waals surface area contributed by atoms with Crippen molar-refractivity contribution in [3.8, 4) is 0 Å². The molecular weight excluding hydrogens is 611 g/mol. The first kappa shape index (κ1) is 32.7. The Kier molecular flexibility index (Phi) is 10.2. The number of sulfonamides is 1. The highest BCUT2D eigenvalue weighted by Gasteiger charge is 2.42. The molecular formula is C38H39N3O5S. The van der Waals surface area contributed by atoms with Gasteiger partial charge >= 0.3 is 0 Å². The maximum Gasteiger partial charge on any atom is 0.243 e. The molecule has 1 fully saturated rings. The van der Waals surface area contributed by atoms with Crippen LogP contribution in [0.1, 0.15) is 46.1 Å². The molecule has 4 atom stereocenters. The van der Waals surface area contributed by atoms with Gasteiger partial charge in [-0.2, -0.15) is 0 Å². The molecule has 47 heavy (non-hydrogen) atoms. The average Bonchev–Trinajstić information content (AvgIpc) is 3.11. The fourth-order valence-electron chi connectivity index (χ4n) is 6.11. The molecule has 0 bridgehead atoms. The van der Waals surface area contributed by atoms with E-state index in [1.54, 1.807) is 24.4 Å². The highest BCUT2D eigenvalue weighted by molar-refractivity contribution is 7.89. The Balaban J connectivity index is 1.26. The van der Waals surface area contributed by atoms with E-state index in [0.717, 1.165) is 33.2 Å². The lowest BCUT2D eigenvalue weighted by molar-refractivity contribution is -0.263. The highest BCUT2D eigenvalue weighted by Crippen LogP contribution is 2.47. The van der Waals surface area contributed by atoms with Crippen LogP contribution in [0.4, 0.5) is 0 Å². The first-order valence-corrected chi connectivity index (χ1v) is 17.1. The predicted octanol–water partition coefficient (Wildman–Crippen LogP) is 6.26. The molecule has 2 heterocycles. The number of ether oxygens (including phenoxy) is 2. The summed E-state index contributed by atoms with van der Waals surface area (Å²) in [5.74, 6) is -0.100. The van der Waals surface area contributed by atoms with Crippen LogP contribution in [0.25, 0.3) is 10.9 Å². The summed E-state index contributed by atoms with van der Waals surface area (Å²) in [6.07, 6.45) is 2.26. The third-order valence-corrected chi connectivity index (χ3v) is 9.94. The van der Waals surface area contributed by atoms with E-state index in [9.17, 15) is 13.5 Å². The lowest BCUT2D eigenvalue weighted by Crippen LogP contribution is -2.43. The van der Waals surface area contributed by atoms with Gasteiger partial charge in [-0.15, -0.1) is 6.58 Å². The van der Waals surface area contributed by atoms with Crippen LogP contribution in [0.2, 0.25) is 0 Å². The summed E-state index contributed by atoms with van der Waals surface area (Å²) in [6, 6.07) is 34.5. The van der Waals surface area contributed by atoms with E-state index in [1.165, 1.54) is 0 Å². The third-order valence-electron chi connectivity index (χ3n) is 8.51. The van der Waals surface area contributed by atoms with Gasteiger partial charge in [0.1, 0.15) is 4.90 Å². The number of rotatable bonds is 12. The van der Waals surface area contributed by atoms with Crippen molar-refractivity contribution >= 4 is 20.9 Å². The summed E-state index contributed by atoms with van der Waals surface area (Å²) in [7, 11) is -1.76. The summed E-state index contributed by atoms with van der Waals surface area (Å²) in [5.41, 5.74) is 5.00. The van der Waals surface area contributed by atoms with E-state index in [1.807, 2.05) is 92.0 Å². The first-order chi connectivity index (χ1) is 22.9. The number of hydrogen-bond donors (Lipinski definition) is 2. The number of aromatic nitrogens is 1. The molecule has 0 aliphatic carbocycles. The van der Waals surface area contributed by atoms with E-state index in [-0.39, 0.29) is 36.2 Å². The fourth-order valence-corrected chi connectivity index (χ4v) is 7.30. The van der Waals surface area contributed by atoms with Crippen LogP contribution in [-0.2, 0) is 32.6 Å². The summed E-state index contributed by atoms with van der Waals surface area (Å²) < 4.78 is 42.8. The summed E-state index contributed by atoms with van der Waals surface area (Å²) >= 11 is 0. The van der Waals surface area contributed by atoms with Crippen molar-refractivity contribution < 1.29 is 23.0 Å². The van der Waals surface area contributed by atoms with Gasteiger partial charge in [0, 0.05) is 42.7 Å². The van der Waals surface area contributed by atoms with Crippen molar-refractivity contribution in [2.75, 3.05) is 20.1 Å². The lowest BCUT2D eigenvalue weighted by atomic mass is 9.83. The number of fused-ring (bicyclic) bond motifs is 1. The van der Waals surface area contributed by atoms with E-state index in [4.69, 9.17) is 9.47 Å². The molecule has 242 valence electrons. The standard InChI is InChI=1S/C38H39N3O5S/c1-3-23-41(2)25-33-35(29-9-5-4-6-10-29)37(31-18-16-28(26-42)17-19-31)46-38(45-33)32-20-14-27(15-21-32)24-40-47(43,44)34-13-7-11-30-12-8-22-39-36(30)34/h3-22,33,35,37-38,40,42H,1,23-26H2,2H3. The van der Waals surface area contributed by atoms with Gasteiger partial charge in [0.2, 0.25) is 10.0 Å². The number of pyridine rings is 1. The summed E-state index contributed by atoms with van der Waals surface area (Å²) in [6.45, 7) is 5.35. The molecule has 9 heteroatoms. The maximum atomic E-state index is 13.2. The molecule has 0 radical (unpaired) electrons. The zero-order valence-corrected chi connectivity index (χ0v) is 27.1. The molecule has 4 unspecified atom stereocenters. The number of nitrogens with one attached hydrogen (secondary N) is 1. The van der Waals surface area contributed by atoms with Crippen LogP contribution in [0.15, 0.2) is 133 Å². The molecule has 4 aromatic carbocycles. The Labute approximate surface area is 276 Å². The van der Waals surface area contributed by atoms with Crippen molar-refractivity contribution in [1.29, 1.82) is 0 Å². The van der Waals surface area contributed by atoms with E-state index < -0.39 is 16.3 Å². The van der Waals surface area contributed by atoms with Gasteiger partial charge in [-0.3, -0.25) is 4.98 Å². The molecule has 8 nitrogen and oxygen atoms in total. The zero-order chi connectivity index (χ0) is 32.8. The molecule has 0 saturated carbocycles. The van der Waals surface area contributed by atoms with Gasteiger partial charge < -0.3 is 19.5 Å². The van der Waals surface area contributed by atoms with Gasteiger partial charge in [0.15, 0.2) is 6.29 Å². The molecule has 0 spiro atoms. The number of aliphatic hydroxyl groups excluding tert-OH is 1. The second-order valence-electron chi connectivity index (χ2n) is 11.8. The van der Waals surface area contributed by atoms with Crippen molar-refractivity contribution in [3.05, 3.63) is 156 Å². The van der Waals surface area contributed by atoms with E-state index in [2.05, 4.69) is 33.3 Å². The quantitative estimate of drug-likeness (QED) is 0.154. The summed E-state index contributed by atoms with van der Waals surface area (Å²) in [5, 5.41) is 10.4. The molecule has 5 aromatic rings. The predicted molar refractivity (Wildman–Crippen MR) is 183 cm³/mol. The van der Waals surface area contributed by atoms with Crippen LogP contribution in [-0.4, -0.2) is 49.6 Å². The minimum Gasteiger partial charge on any atom is -0.392 e. The molecule has 1 aromatic heterocycles. The molecule has 1 aliphatic heterocycles. The smallest absolute Gasteiger partial charge is 0.243 e. The van der Waals surface area contributed by atoms with Gasteiger partial charge in [-0.1, -0.05) is 103 Å². The van der Waals surface area contributed by atoms with Crippen LogP contribution in [0, 0.1) is 0 Å². The fraction of sp³-hybridized carbons (Fsp3) is 0.237. The molecule has 1 aliphatic rings. The Morgan fingerprint density at radius 3 is 2.28 bits per heavy atom. The monoisotopic (exact) mass is 649 g/mol. The molecule has 6 rings (SSSR count). The summed E-state index contributed by atoms with van der Waals surface area (Å²) in [4.78, 5) is 6.63. The van der Waals surface area contributed by atoms with Gasteiger partial charge in [-0.25, -0.2) is 13.1 Å². The van der Waals surface area contributed by atoms with Crippen molar-refractivity contribution in [2.45, 2.75) is 42.5 Å². The van der Waals surface area contributed by atoms with Crippen LogP contribution in [0.5, 0.6) is 0 Å². The van der Waals surface area contributed by atoms with E-state index in [0.29, 0.717) is 18.6 Å². The number of benzene rings is 4. The van der Waals surface area contributed by atoms with Crippen molar-refractivity contribution in [3.63, 3.8) is 0 Å². The number of aliphatic hydroxyl groups is 1. The topological polar surface area (TPSA) is 101 Å². The average molecular weight is 650 g/mol. The molecule has 2 N–H and O–H groups in total. The normalized spacial score (nSPS) is 20.0. The number of para-hydroxylation sites is 1. The minimum absolute atomic E-state index is 0.0318. The second-order valence-corrected chi connectivity index (χ2v) is 13.5. The number of nitrogens with zero attached hydrogens (tertiary/aromatic N) is 2.